The Hall–Kier alpha value is -2.99. The fourth-order valence-corrected chi connectivity index (χ4v) is 7.90. The number of hydrogen-bond donors (Lipinski definition) is 5. The summed E-state index contributed by atoms with van der Waals surface area (Å²) < 4.78 is 0.0281. The molecule has 2 aromatic rings. The molecule has 0 saturated carbocycles. The number of thiazole rings is 1. The van der Waals surface area contributed by atoms with Crippen LogP contribution in [0.2, 0.25) is 4.34 Å². The number of rotatable bonds is 10. The van der Waals surface area contributed by atoms with Crippen LogP contribution in [-0.2, 0) is 24.9 Å². The van der Waals surface area contributed by atoms with Crippen LogP contribution in [0.1, 0.15) is 11.3 Å². The second-order valence-electron chi connectivity index (χ2n) is 7.61. The van der Waals surface area contributed by atoms with E-state index in [9.17, 15) is 29.5 Å². The summed E-state index contributed by atoms with van der Waals surface area (Å²) >= 11 is 10.6. The van der Waals surface area contributed by atoms with Crippen molar-refractivity contribution in [3.63, 3.8) is 0 Å². The third-order valence-electron chi connectivity index (χ3n) is 5.16. The minimum atomic E-state index is -1.29. The van der Waals surface area contributed by atoms with Crippen molar-refractivity contribution in [2.24, 2.45) is 10.9 Å². The summed E-state index contributed by atoms with van der Waals surface area (Å²) in [6.45, 7) is 0. The molecule has 7 N–H and O–H groups in total. The summed E-state index contributed by atoms with van der Waals surface area (Å²) in [7, 11) is 0. The number of anilines is 1. The smallest absolute Gasteiger partial charge is 0.353 e. The molecule has 0 bridgehead atoms. The predicted octanol–water partition coefficient (Wildman–Crippen LogP) is 1.16. The Morgan fingerprint density at radius 2 is 2.13 bits per heavy atom. The SMILES string of the molecule is NC(=O)CSCc1cnccc1SC1=C(C(=O)O)N2C(=O)[C@@H](NC(=O)/C(=N/O)c3nc(N)sc3Cl)[C@H]2SC1. The summed E-state index contributed by atoms with van der Waals surface area (Å²) in [5.74, 6) is -2.50. The molecule has 0 spiro atoms. The molecule has 2 atom stereocenters. The molecular formula is C20H18ClN7O6S4. The Morgan fingerprint density at radius 1 is 1.37 bits per heavy atom. The molecule has 200 valence electrons. The van der Waals surface area contributed by atoms with Crippen LogP contribution in [-0.4, -0.2) is 77.5 Å². The van der Waals surface area contributed by atoms with Gasteiger partial charge in [-0.3, -0.25) is 24.3 Å². The molecule has 4 heterocycles. The van der Waals surface area contributed by atoms with E-state index in [2.05, 4.69) is 20.4 Å². The lowest BCUT2D eigenvalue weighted by molar-refractivity contribution is -0.150. The van der Waals surface area contributed by atoms with Crippen molar-refractivity contribution in [1.29, 1.82) is 0 Å². The maximum absolute atomic E-state index is 13.0. The highest BCUT2D eigenvalue weighted by Crippen LogP contribution is 2.46. The van der Waals surface area contributed by atoms with Gasteiger partial charge in [0.1, 0.15) is 27.1 Å². The molecule has 2 aliphatic rings. The zero-order chi connectivity index (χ0) is 27.6. The molecule has 3 amide bonds. The number of amides is 3. The van der Waals surface area contributed by atoms with E-state index >= 15 is 0 Å². The lowest BCUT2D eigenvalue weighted by Crippen LogP contribution is -2.71. The number of halogens is 1. The van der Waals surface area contributed by atoms with Gasteiger partial charge in [0.2, 0.25) is 5.91 Å². The standard InChI is InChI=1S/C20H18ClN7O6S4/c21-15-11(26-20(23)38-15)12(27-34)16(30)25-13-17(31)28-14(19(32)33)9(5-36-18(13)28)37-8-1-2-24-3-7(8)4-35-6-10(22)29/h1-3,13,18,34H,4-6H2,(H2,22,29)(H2,23,26)(H,25,30)(H,32,33)/b27-12+/t13-,18-/m1/s1. The van der Waals surface area contributed by atoms with Crippen LogP contribution >= 0.6 is 58.2 Å². The molecule has 1 saturated heterocycles. The molecule has 38 heavy (non-hydrogen) atoms. The first-order valence-electron chi connectivity index (χ1n) is 10.4. The first kappa shape index (κ1) is 28.0. The number of carboxylic acids is 1. The number of nitrogens with two attached hydrogens (primary N) is 2. The van der Waals surface area contributed by atoms with E-state index in [1.165, 1.54) is 35.3 Å². The van der Waals surface area contributed by atoms with Gasteiger partial charge in [0, 0.05) is 33.7 Å². The van der Waals surface area contributed by atoms with Gasteiger partial charge in [0.25, 0.3) is 11.8 Å². The topological polar surface area (TPSA) is 214 Å². The van der Waals surface area contributed by atoms with E-state index in [1.807, 2.05) is 0 Å². The molecule has 0 radical (unpaired) electrons. The molecule has 0 aromatic carbocycles. The molecular weight excluding hydrogens is 598 g/mol. The highest BCUT2D eigenvalue weighted by Gasteiger charge is 2.54. The number of nitrogen functional groups attached to an aromatic ring is 1. The van der Waals surface area contributed by atoms with E-state index in [0.29, 0.717) is 10.7 Å². The molecule has 2 aliphatic heterocycles. The number of primary amides is 1. The second kappa shape index (κ2) is 11.8. The van der Waals surface area contributed by atoms with E-state index in [-0.39, 0.29) is 32.4 Å². The molecule has 2 aromatic heterocycles. The van der Waals surface area contributed by atoms with Gasteiger partial charge in [0.05, 0.1) is 5.75 Å². The number of β-lactam (4-membered cyclic amide) rings is 1. The van der Waals surface area contributed by atoms with Gasteiger partial charge in [-0.2, -0.15) is 0 Å². The maximum Gasteiger partial charge on any atom is 0.353 e. The second-order valence-corrected chi connectivity index (χ2v) is 12.5. The summed E-state index contributed by atoms with van der Waals surface area (Å²) in [5, 5.41) is 24.1. The van der Waals surface area contributed by atoms with Crippen molar-refractivity contribution >= 4 is 92.8 Å². The van der Waals surface area contributed by atoms with E-state index in [1.54, 1.807) is 18.5 Å². The van der Waals surface area contributed by atoms with Crippen LogP contribution in [0.25, 0.3) is 0 Å². The number of oxime groups is 1. The number of fused-ring (bicyclic) bond motifs is 1. The maximum atomic E-state index is 13.0. The monoisotopic (exact) mass is 615 g/mol. The molecule has 18 heteroatoms. The number of nitrogens with zero attached hydrogens (tertiary/aromatic N) is 4. The van der Waals surface area contributed by atoms with Crippen LogP contribution in [0.3, 0.4) is 0 Å². The number of pyridine rings is 1. The van der Waals surface area contributed by atoms with Crippen LogP contribution in [0, 0.1) is 0 Å². The minimum Gasteiger partial charge on any atom is -0.477 e. The largest absolute Gasteiger partial charge is 0.477 e. The Labute approximate surface area is 236 Å². The van der Waals surface area contributed by atoms with E-state index < -0.39 is 40.8 Å². The van der Waals surface area contributed by atoms with Gasteiger partial charge in [-0.05, 0) is 11.6 Å². The van der Waals surface area contributed by atoms with Gasteiger partial charge < -0.3 is 27.1 Å². The molecule has 1 fully saturated rings. The third kappa shape index (κ3) is 5.70. The summed E-state index contributed by atoms with van der Waals surface area (Å²) in [6.07, 6.45) is 3.19. The van der Waals surface area contributed by atoms with Gasteiger partial charge in [0.15, 0.2) is 10.8 Å². The summed E-state index contributed by atoms with van der Waals surface area (Å²) in [5.41, 5.74) is 10.7. The Bertz CT molecular complexity index is 1380. The molecule has 0 aliphatic carbocycles. The minimum absolute atomic E-state index is 0.0281. The van der Waals surface area contributed by atoms with Crippen molar-refractivity contribution in [3.8, 4) is 0 Å². The van der Waals surface area contributed by atoms with Gasteiger partial charge in [-0.1, -0.05) is 39.9 Å². The fourth-order valence-electron chi connectivity index (χ4n) is 3.56. The summed E-state index contributed by atoms with van der Waals surface area (Å²) in [4.78, 5) is 59.3. The molecule has 4 rings (SSSR count). The number of hydrogen-bond acceptors (Lipinski definition) is 13. The Morgan fingerprint density at radius 3 is 2.76 bits per heavy atom. The van der Waals surface area contributed by atoms with Gasteiger partial charge in [-0.25, -0.2) is 9.78 Å². The van der Waals surface area contributed by atoms with Crippen LogP contribution in [0.4, 0.5) is 5.13 Å². The highest BCUT2D eigenvalue weighted by molar-refractivity contribution is 8.06. The van der Waals surface area contributed by atoms with Gasteiger partial charge in [-0.15, -0.1) is 23.5 Å². The number of nitrogens with one attached hydrogen (secondary N) is 1. The number of carboxylic acid groups (broad SMARTS) is 1. The van der Waals surface area contributed by atoms with Crippen LogP contribution in [0.15, 0.2) is 39.1 Å². The van der Waals surface area contributed by atoms with Crippen molar-refractivity contribution in [2.75, 3.05) is 17.2 Å². The average Bonchev–Trinajstić information content (AvgIpc) is 3.20. The highest BCUT2D eigenvalue weighted by atomic mass is 35.5. The van der Waals surface area contributed by atoms with Crippen LogP contribution < -0.4 is 16.8 Å². The fraction of sp³-hybridized carbons (Fsp3) is 0.250. The molecule has 13 nitrogen and oxygen atoms in total. The number of carbonyl (C=O) groups excluding carboxylic acids is 3. The zero-order valence-electron chi connectivity index (χ0n) is 19.0. The first-order chi connectivity index (χ1) is 18.1. The van der Waals surface area contributed by atoms with Crippen molar-refractivity contribution in [2.45, 2.75) is 22.1 Å². The lowest BCUT2D eigenvalue weighted by atomic mass is 10.0. The number of carbonyl (C=O) groups is 4. The third-order valence-corrected chi connectivity index (χ3v) is 9.91. The number of thioether (sulfide) groups is 3. The predicted molar refractivity (Wildman–Crippen MR) is 145 cm³/mol. The first-order valence-corrected chi connectivity index (χ1v) is 14.7. The van der Waals surface area contributed by atoms with Crippen molar-refractivity contribution < 1.29 is 29.5 Å². The van der Waals surface area contributed by atoms with Crippen LogP contribution in [0.5, 0.6) is 0 Å². The zero-order valence-corrected chi connectivity index (χ0v) is 23.0. The van der Waals surface area contributed by atoms with E-state index in [0.717, 1.165) is 26.7 Å². The molecule has 0 unspecified atom stereocenters. The quantitative estimate of drug-likeness (QED) is 0.110. The number of aliphatic carboxylic acids is 1. The summed E-state index contributed by atoms with van der Waals surface area (Å²) in [6, 6.07) is 0.655. The average molecular weight is 616 g/mol. The van der Waals surface area contributed by atoms with Gasteiger partial charge >= 0.3 is 5.97 Å². The normalized spacial score (nSPS) is 19.1. The lowest BCUT2D eigenvalue weighted by Gasteiger charge is -2.49. The Kier molecular flexibility index (Phi) is 8.71. The van der Waals surface area contributed by atoms with E-state index in [4.69, 9.17) is 23.1 Å². The Balaban J connectivity index is 1.52. The van der Waals surface area contributed by atoms with Crippen molar-refractivity contribution in [1.82, 2.24) is 20.2 Å². The van der Waals surface area contributed by atoms with Crippen molar-refractivity contribution in [3.05, 3.63) is 44.7 Å². The number of aromatic nitrogens is 2.